The summed E-state index contributed by atoms with van der Waals surface area (Å²) in [6.45, 7) is 1.03. The van der Waals surface area contributed by atoms with Crippen molar-refractivity contribution in [1.29, 1.82) is 5.26 Å². The second-order valence-corrected chi connectivity index (χ2v) is 6.50. The van der Waals surface area contributed by atoms with Gasteiger partial charge >= 0.3 is 0 Å². The number of nitrogens with one attached hydrogen (secondary N) is 1. The third kappa shape index (κ3) is 2.68. The van der Waals surface area contributed by atoms with E-state index in [1.165, 1.54) is 5.56 Å². The van der Waals surface area contributed by atoms with Crippen LogP contribution in [0.1, 0.15) is 41.8 Å². The number of aromatic nitrogens is 2. The molecule has 1 aliphatic rings. The lowest BCUT2D eigenvalue weighted by Crippen LogP contribution is -2.33. The summed E-state index contributed by atoms with van der Waals surface area (Å²) in [5, 5.41) is 8.93. The first-order valence-electron chi connectivity index (χ1n) is 8.31. The normalized spacial score (nSPS) is 21.7. The number of aromatic amines is 1. The van der Waals surface area contributed by atoms with Crippen molar-refractivity contribution >= 4 is 11.0 Å². The highest BCUT2D eigenvalue weighted by atomic mass is 15.2. The van der Waals surface area contributed by atoms with Crippen LogP contribution in [0, 0.1) is 17.4 Å². The van der Waals surface area contributed by atoms with Crippen molar-refractivity contribution in [1.82, 2.24) is 14.9 Å². The van der Waals surface area contributed by atoms with Crippen LogP contribution < -0.4 is 0 Å². The molecule has 0 unspecified atom stereocenters. The zero-order valence-electron chi connectivity index (χ0n) is 13.7. The van der Waals surface area contributed by atoms with Crippen LogP contribution in [0.4, 0.5) is 0 Å². The Morgan fingerprint density at radius 3 is 2.92 bits per heavy atom. The number of hydrogen-bond acceptors (Lipinski definition) is 3. The van der Waals surface area contributed by atoms with Crippen LogP contribution in [-0.2, 0) is 0 Å². The van der Waals surface area contributed by atoms with Gasteiger partial charge in [-0.3, -0.25) is 4.90 Å². The van der Waals surface area contributed by atoms with Crippen LogP contribution in [-0.4, -0.2) is 28.5 Å². The highest BCUT2D eigenvalue weighted by Crippen LogP contribution is 2.38. The monoisotopic (exact) mass is 315 g/mol. The summed E-state index contributed by atoms with van der Waals surface area (Å²) in [7, 11) is 2.17. The second kappa shape index (κ2) is 6.10. The number of nitriles is 1. The maximum atomic E-state index is 8.93. The molecule has 4 nitrogen and oxygen atoms in total. The quantitative estimate of drug-likeness (QED) is 0.783. The standard InChI is InChI=1S/C20H19N4/c1-24-11-10-16(15-8-6-14(13-21)7-9-15)12-19(24)20-22-17-4-2-3-5-18(17)23-20/h2-6,8-9,16,19H,10-12H2,1H3,(H,22,23)/t16-,19-/m1/s1. The van der Waals surface area contributed by atoms with Crippen LogP contribution in [0.25, 0.3) is 11.0 Å². The van der Waals surface area contributed by atoms with Crippen LogP contribution in [0.15, 0.2) is 42.5 Å². The molecule has 1 radical (unpaired) electrons. The van der Waals surface area contributed by atoms with Crippen molar-refractivity contribution in [3.05, 3.63) is 65.5 Å². The van der Waals surface area contributed by atoms with Gasteiger partial charge in [0.2, 0.25) is 0 Å². The molecule has 1 aliphatic heterocycles. The number of piperidine rings is 1. The largest absolute Gasteiger partial charge is 0.341 e. The van der Waals surface area contributed by atoms with Gasteiger partial charge in [0.25, 0.3) is 0 Å². The third-order valence-corrected chi connectivity index (χ3v) is 5.02. The molecule has 2 atom stereocenters. The Hall–Kier alpha value is -2.64. The molecule has 4 heteroatoms. The highest BCUT2D eigenvalue weighted by molar-refractivity contribution is 5.74. The lowest BCUT2D eigenvalue weighted by Gasteiger charge is -2.36. The van der Waals surface area contributed by atoms with Gasteiger partial charge in [-0.25, -0.2) is 4.98 Å². The molecule has 2 heterocycles. The van der Waals surface area contributed by atoms with Crippen molar-refractivity contribution in [3.63, 3.8) is 0 Å². The van der Waals surface area contributed by atoms with E-state index in [2.05, 4.69) is 41.2 Å². The van der Waals surface area contributed by atoms with Crippen molar-refractivity contribution in [2.45, 2.75) is 24.8 Å². The van der Waals surface area contributed by atoms with Crippen LogP contribution in [0.3, 0.4) is 0 Å². The van der Waals surface area contributed by atoms with E-state index in [-0.39, 0.29) is 6.04 Å². The van der Waals surface area contributed by atoms with E-state index < -0.39 is 0 Å². The zero-order chi connectivity index (χ0) is 16.5. The van der Waals surface area contributed by atoms with E-state index >= 15 is 0 Å². The first kappa shape index (κ1) is 14.9. The molecule has 0 bridgehead atoms. The van der Waals surface area contributed by atoms with Crippen molar-refractivity contribution in [2.24, 2.45) is 0 Å². The van der Waals surface area contributed by atoms with E-state index in [9.17, 15) is 0 Å². The highest BCUT2D eigenvalue weighted by Gasteiger charge is 2.30. The lowest BCUT2D eigenvalue weighted by molar-refractivity contribution is 0.164. The minimum atomic E-state index is 0.284. The number of rotatable bonds is 2. The Bertz CT molecular complexity index is 855. The van der Waals surface area contributed by atoms with Gasteiger partial charge in [0.05, 0.1) is 28.7 Å². The summed E-state index contributed by atoms with van der Waals surface area (Å²) in [5.41, 5.74) is 3.98. The van der Waals surface area contributed by atoms with Crippen LogP contribution >= 0.6 is 0 Å². The van der Waals surface area contributed by atoms with Gasteiger partial charge in [0, 0.05) is 6.07 Å². The van der Waals surface area contributed by atoms with Crippen LogP contribution in [0.5, 0.6) is 0 Å². The average molecular weight is 315 g/mol. The van der Waals surface area contributed by atoms with Gasteiger partial charge in [0.15, 0.2) is 0 Å². The van der Waals surface area contributed by atoms with Crippen molar-refractivity contribution in [3.8, 4) is 6.07 Å². The fourth-order valence-corrected chi connectivity index (χ4v) is 3.60. The first-order chi connectivity index (χ1) is 11.7. The summed E-state index contributed by atoms with van der Waals surface area (Å²) >= 11 is 0. The van der Waals surface area contributed by atoms with E-state index in [0.717, 1.165) is 36.2 Å². The maximum absolute atomic E-state index is 8.93. The van der Waals surface area contributed by atoms with Gasteiger partial charge in [-0.1, -0.05) is 18.2 Å². The Balaban J connectivity index is 1.61. The number of hydrogen-bond donors (Lipinski definition) is 1. The van der Waals surface area contributed by atoms with E-state index in [4.69, 9.17) is 10.2 Å². The molecular weight excluding hydrogens is 296 g/mol. The van der Waals surface area contributed by atoms with Gasteiger partial charge in [-0.05, 0) is 62.2 Å². The predicted octanol–water partition coefficient (Wildman–Crippen LogP) is 3.79. The molecule has 119 valence electrons. The smallest absolute Gasteiger partial charge is 0.124 e. The Morgan fingerprint density at radius 1 is 1.29 bits per heavy atom. The number of nitrogens with zero attached hydrogens (tertiary/aromatic N) is 3. The minimum Gasteiger partial charge on any atom is -0.341 e. The van der Waals surface area contributed by atoms with Gasteiger partial charge in [0.1, 0.15) is 5.82 Å². The SMILES string of the molecule is CN1CC[C@@H](c2c[c]c(C#N)cc2)C[C@@H]1c1nc2ccccc2[nH]1. The molecular formula is C20H19N4. The summed E-state index contributed by atoms with van der Waals surface area (Å²) < 4.78 is 0. The van der Waals surface area contributed by atoms with Gasteiger partial charge < -0.3 is 4.98 Å². The Morgan fingerprint density at radius 2 is 2.17 bits per heavy atom. The number of H-pyrrole nitrogens is 1. The first-order valence-corrected chi connectivity index (χ1v) is 8.31. The summed E-state index contributed by atoms with van der Waals surface area (Å²) in [4.78, 5) is 10.7. The Labute approximate surface area is 141 Å². The van der Waals surface area contributed by atoms with E-state index in [1.807, 2.05) is 30.3 Å². The topological polar surface area (TPSA) is 55.7 Å². The number of imidazole rings is 1. The second-order valence-electron chi connectivity index (χ2n) is 6.50. The van der Waals surface area contributed by atoms with Gasteiger partial charge in [-0.15, -0.1) is 0 Å². The molecule has 0 saturated carbocycles. The minimum absolute atomic E-state index is 0.284. The molecule has 2 aromatic carbocycles. The summed E-state index contributed by atoms with van der Waals surface area (Å²) in [5.74, 6) is 1.52. The van der Waals surface area contributed by atoms with Crippen molar-refractivity contribution in [2.75, 3.05) is 13.6 Å². The molecule has 0 spiro atoms. The third-order valence-electron chi connectivity index (χ3n) is 5.02. The number of fused-ring (bicyclic) bond motifs is 1. The molecule has 1 saturated heterocycles. The van der Waals surface area contributed by atoms with E-state index in [1.54, 1.807) is 0 Å². The molecule has 1 aromatic heterocycles. The van der Waals surface area contributed by atoms with Gasteiger partial charge in [-0.2, -0.15) is 5.26 Å². The van der Waals surface area contributed by atoms with E-state index in [0.29, 0.717) is 11.5 Å². The number of benzene rings is 2. The summed E-state index contributed by atoms with van der Waals surface area (Å²) in [6.07, 6.45) is 2.14. The fraction of sp³-hybridized carbons (Fsp3) is 0.300. The molecule has 24 heavy (non-hydrogen) atoms. The molecule has 1 N–H and O–H groups in total. The average Bonchev–Trinajstić information content (AvgIpc) is 3.06. The molecule has 3 aromatic rings. The van der Waals surface area contributed by atoms with Crippen molar-refractivity contribution < 1.29 is 0 Å². The number of para-hydroxylation sites is 2. The molecule has 0 aliphatic carbocycles. The molecule has 1 fully saturated rings. The lowest BCUT2D eigenvalue weighted by atomic mass is 9.85. The fourth-order valence-electron chi connectivity index (χ4n) is 3.60. The maximum Gasteiger partial charge on any atom is 0.124 e. The number of likely N-dealkylation sites (tertiary alicyclic amines) is 1. The molecule has 4 rings (SSSR count). The Kier molecular flexibility index (Phi) is 3.79. The molecule has 0 amide bonds. The zero-order valence-corrected chi connectivity index (χ0v) is 13.7. The summed E-state index contributed by atoms with van der Waals surface area (Å²) in [6, 6.07) is 19.6. The van der Waals surface area contributed by atoms with Crippen LogP contribution in [0.2, 0.25) is 0 Å². The predicted molar refractivity (Wildman–Crippen MR) is 93.4 cm³/mol.